The van der Waals surface area contributed by atoms with Crippen molar-refractivity contribution in [2.45, 2.75) is 26.3 Å². The Hall–Kier alpha value is -1.13. The standard InChI is InChI=1S/C13H17NO2S/c1-9(7-13(15)16)8-14-5-3-12-11(10(14)2)4-6-17-12/h4,6-7,10H,3,5,8H2,1-2H3,(H,15,16). The molecule has 0 spiro atoms. The Morgan fingerprint density at radius 1 is 1.71 bits per heavy atom. The predicted octanol–water partition coefficient (Wildman–Crippen LogP) is 2.70. The average Bonchev–Trinajstić information content (AvgIpc) is 2.69. The predicted molar refractivity (Wildman–Crippen MR) is 69.4 cm³/mol. The lowest BCUT2D eigenvalue weighted by Gasteiger charge is -2.33. The molecule has 0 fully saturated rings. The third kappa shape index (κ3) is 2.76. The lowest BCUT2D eigenvalue weighted by Crippen LogP contribution is -2.34. The lowest BCUT2D eigenvalue weighted by atomic mass is 10.0. The molecular weight excluding hydrogens is 234 g/mol. The Morgan fingerprint density at radius 3 is 3.18 bits per heavy atom. The van der Waals surface area contributed by atoms with Gasteiger partial charge in [-0.15, -0.1) is 11.3 Å². The third-order valence-corrected chi connectivity index (χ3v) is 4.22. The molecule has 0 bridgehead atoms. The summed E-state index contributed by atoms with van der Waals surface area (Å²) in [6.07, 6.45) is 2.38. The van der Waals surface area contributed by atoms with Crippen LogP contribution in [-0.4, -0.2) is 29.1 Å². The maximum absolute atomic E-state index is 10.6. The molecule has 2 heterocycles. The van der Waals surface area contributed by atoms with Crippen molar-refractivity contribution in [2.75, 3.05) is 13.1 Å². The Labute approximate surface area is 105 Å². The van der Waals surface area contributed by atoms with Gasteiger partial charge in [-0.2, -0.15) is 0 Å². The first-order valence-electron chi connectivity index (χ1n) is 5.78. The number of rotatable bonds is 3. The molecule has 0 aromatic carbocycles. The van der Waals surface area contributed by atoms with Gasteiger partial charge in [0.1, 0.15) is 0 Å². The van der Waals surface area contributed by atoms with Crippen molar-refractivity contribution in [2.24, 2.45) is 0 Å². The van der Waals surface area contributed by atoms with Crippen LogP contribution < -0.4 is 0 Å². The fourth-order valence-corrected chi connectivity index (χ4v) is 3.32. The van der Waals surface area contributed by atoms with Crippen LogP contribution in [-0.2, 0) is 11.2 Å². The topological polar surface area (TPSA) is 40.5 Å². The van der Waals surface area contributed by atoms with E-state index in [0.29, 0.717) is 6.04 Å². The van der Waals surface area contributed by atoms with Gasteiger partial charge in [-0.3, -0.25) is 4.90 Å². The smallest absolute Gasteiger partial charge is 0.328 e. The summed E-state index contributed by atoms with van der Waals surface area (Å²) in [5.41, 5.74) is 2.31. The van der Waals surface area contributed by atoms with E-state index in [2.05, 4.69) is 23.3 Å². The molecule has 3 nitrogen and oxygen atoms in total. The van der Waals surface area contributed by atoms with Gasteiger partial charge in [-0.05, 0) is 37.3 Å². The lowest BCUT2D eigenvalue weighted by molar-refractivity contribution is -0.131. The van der Waals surface area contributed by atoms with Crippen LogP contribution in [0.5, 0.6) is 0 Å². The second-order valence-electron chi connectivity index (χ2n) is 4.52. The normalized spacial score (nSPS) is 21.3. The highest BCUT2D eigenvalue weighted by atomic mass is 32.1. The SMILES string of the molecule is CC(=CC(=O)O)CN1CCc2sccc2C1C. The van der Waals surface area contributed by atoms with Gasteiger partial charge in [-0.1, -0.05) is 5.57 Å². The van der Waals surface area contributed by atoms with E-state index in [1.807, 2.05) is 18.3 Å². The second kappa shape index (κ2) is 5.02. The Morgan fingerprint density at radius 2 is 2.47 bits per heavy atom. The van der Waals surface area contributed by atoms with Crippen molar-refractivity contribution in [3.8, 4) is 0 Å². The van der Waals surface area contributed by atoms with E-state index in [1.54, 1.807) is 0 Å². The van der Waals surface area contributed by atoms with Crippen LogP contribution in [0.3, 0.4) is 0 Å². The van der Waals surface area contributed by atoms with E-state index in [0.717, 1.165) is 25.1 Å². The Balaban J connectivity index is 2.08. The number of hydrogen-bond donors (Lipinski definition) is 1. The molecule has 0 saturated heterocycles. The molecule has 4 heteroatoms. The third-order valence-electron chi connectivity index (χ3n) is 3.23. The van der Waals surface area contributed by atoms with Gasteiger partial charge in [0.2, 0.25) is 0 Å². The van der Waals surface area contributed by atoms with Crippen molar-refractivity contribution < 1.29 is 9.90 Å². The fourth-order valence-electron chi connectivity index (χ4n) is 2.35. The quantitative estimate of drug-likeness (QED) is 0.840. The van der Waals surface area contributed by atoms with Crippen LogP contribution in [0.4, 0.5) is 0 Å². The van der Waals surface area contributed by atoms with Crippen molar-refractivity contribution in [3.05, 3.63) is 33.5 Å². The first-order valence-corrected chi connectivity index (χ1v) is 6.66. The summed E-state index contributed by atoms with van der Waals surface area (Å²) < 4.78 is 0. The zero-order chi connectivity index (χ0) is 12.4. The van der Waals surface area contributed by atoms with E-state index in [4.69, 9.17) is 5.11 Å². The van der Waals surface area contributed by atoms with Crippen LogP contribution in [0.2, 0.25) is 0 Å². The molecule has 1 unspecified atom stereocenters. The van der Waals surface area contributed by atoms with Gasteiger partial charge in [-0.25, -0.2) is 4.79 Å². The summed E-state index contributed by atoms with van der Waals surface area (Å²) in [5.74, 6) is -0.858. The van der Waals surface area contributed by atoms with Crippen molar-refractivity contribution in [1.82, 2.24) is 4.90 Å². The molecule has 1 N–H and O–H groups in total. The number of fused-ring (bicyclic) bond motifs is 1. The number of carboxylic acid groups (broad SMARTS) is 1. The van der Waals surface area contributed by atoms with Crippen LogP contribution in [0.25, 0.3) is 0 Å². The van der Waals surface area contributed by atoms with E-state index in [1.165, 1.54) is 16.5 Å². The highest BCUT2D eigenvalue weighted by Crippen LogP contribution is 2.32. The summed E-state index contributed by atoms with van der Waals surface area (Å²) >= 11 is 1.83. The first kappa shape index (κ1) is 12.3. The largest absolute Gasteiger partial charge is 0.478 e. The molecule has 17 heavy (non-hydrogen) atoms. The number of nitrogens with zero attached hydrogens (tertiary/aromatic N) is 1. The van der Waals surface area contributed by atoms with Crippen LogP contribution in [0.1, 0.15) is 30.3 Å². The maximum Gasteiger partial charge on any atom is 0.328 e. The van der Waals surface area contributed by atoms with E-state index < -0.39 is 5.97 Å². The summed E-state index contributed by atoms with van der Waals surface area (Å²) in [4.78, 5) is 14.4. The van der Waals surface area contributed by atoms with Crippen LogP contribution in [0.15, 0.2) is 23.1 Å². The van der Waals surface area contributed by atoms with Gasteiger partial charge in [0.05, 0.1) is 0 Å². The minimum atomic E-state index is -0.858. The zero-order valence-corrected chi connectivity index (χ0v) is 11.0. The highest BCUT2D eigenvalue weighted by Gasteiger charge is 2.24. The molecule has 0 radical (unpaired) electrons. The van der Waals surface area contributed by atoms with Gasteiger partial charge in [0.25, 0.3) is 0 Å². The molecule has 92 valence electrons. The minimum absolute atomic E-state index is 0.391. The summed E-state index contributed by atoms with van der Waals surface area (Å²) in [7, 11) is 0. The molecule has 0 aliphatic carbocycles. The van der Waals surface area contributed by atoms with Gasteiger partial charge in [0.15, 0.2) is 0 Å². The summed E-state index contributed by atoms with van der Waals surface area (Å²) in [6.45, 7) is 5.82. The zero-order valence-electron chi connectivity index (χ0n) is 10.1. The number of carbonyl (C=O) groups is 1. The monoisotopic (exact) mass is 251 g/mol. The number of carboxylic acids is 1. The summed E-state index contributed by atoms with van der Waals surface area (Å²) in [6, 6.07) is 2.58. The van der Waals surface area contributed by atoms with Crippen molar-refractivity contribution >= 4 is 17.3 Å². The molecule has 1 aromatic heterocycles. The highest BCUT2D eigenvalue weighted by molar-refractivity contribution is 7.10. The molecule has 0 amide bonds. The van der Waals surface area contributed by atoms with Crippen LogP contribution >= 0.6 is 11.3 Å². The van der Waals surface area contributed by atoms with Crippen molar-refractivity contribution in [1.29, 1.82) is 0 Å². The second-order valence-corrected chi connectivity index (χ2v) is 5.53. The molecule has 2 rings (SSSR count). The molecule has 0 saturated carbocycles. The van der Waals surface area contributed by atoms with E-state index in [9.17, 15) is 4.79 Å². The fraction of sp³-hybridized carbons (Fsp3) is 0.462. The first-order chi connectivity index (χ1) is 8.08. The number of aliphatic carboxylic acids is 1. The van der Waals surface area contributed by atoms with E-state index >= 15 is 0 Å². The Kier molecular flexibility index (Phi) is 3.64. The number of hydrogen-bond acceptors (Lipinski definition) is 3. The van der Waals surface area contributed by atoms with Gasteiger partial charge >= 0.3 is 5.97 Å². The average molecular weight is 251 g/mol. The minimum Gasteiger partial charge on any atom is -0.478 e. The summed E-state index contributed by atoms with van der Waals surface area (Å²) in [5, 5.41) is 10.9. The Bertz CT molecular complexity index is 450. The molecule has 1 aliphatic rings. The van der Waals surface area contributed by atoms with E-state index in [-0.39, 0.29) is 0 Å². The molecule has 1 atom stereocenters. The number of thiophene rings is 1. The van der Waals surface area contributed by atoms with Gasteiger partial charge < -0.3 is 5.11 Å². The maximum atomic E-state index is 10.6. The molecule has 1 aromatic rings. The van der Waals surface area contributed by atoms with Crippen molar-refractivity contribution in [3.63, 3.8) is 0 Å². The van der Waals surface area contributed by atoms with Crippen LogP contribution in [0, 0.1) is 0 Å². The van der Waals surface area contributed by atoms with Gasteiger partial charge in [0, 0.05) is 30.1 Å². The molecule has 1 aliphatic heterocycles. The molecular formula is C13H17NO2S.